The van der Waals surface area contributed by atoms with Crippen molar-refractivity contribution in [1.29, 1.82) is 0 Å². The standard InChI is InChI=1S/C27H34N6O3/c1-27(2,3)36-26(34)33-19-7-8-20(33)14-21(13-19)32(4)25-11-10-23(30-31-25)22-9-6-17(12-24(22)35-5)18-15-28-29-16-18/h6,9-12,15-16,19-21H,7-8,13-14H2,1-5H3,(H,28,29). The largest absolute Gasteiger partial charge is 0.496 e. The Morgan fingerprint density at radius 2 is 1.83 bits per heavy atom. The summed E-state index contributed by atoms with van der Waals surface area (Å²) in [6.07, 6.45) is 7.29. The summed E-state index contributed by atoms with van der Waals surface area (Å²) in [7, 11) is 3.72. The molecule has 2 atom stereocenters. The molecule has 2 aliphatic heterocycles. The van der Waals surface area contributed by atoms with Crippen LogP contribution in [0, 0.1) is 0 Å². The van der Waals surface area contributed by atoms with Crippen LogP contribution in [0.1, 0.15) is 46.5 Å². The van der Waals surface area contributed by atoms with E-state index in [1.165, 1.54) is 0 Å². The van der Waals surface area contributed by atoms with Crippen LogP contribution in [0.2, 0.25) is 0 Å². The van der Waals surface area contributed by atoms with Crippen molar-refractivity contribution in [3.63, 3.8) is 0 Å². The number of fused-ring (bicyclic) bond motifs is 2. The van der Waals surface area contributed by atoms with E-state index >= 15 is 0 Å². The summed E-state index contributed by atoms with van der Waals surface area (Å²) in [6.45, 7) is 5.75. The molecule has 2 bridgehead atoms. The zero-order valence-corrected chi connectivity index (χ0v) is 21.6. The number of methoxy groups -OCH3 is 1. The zero-order valence-electron chi connectivity index (χ0n) is 21.6. The number of carbonyl (C=O) groups excluding carboxylic acids is 1. The molecule has 2 fully saturated rings. The van der Waals surface area contributed by atoms with E-state index < -0.39 is 5.60 Å². The third-order valence-corrected chi connectivity index (χ3v) is 7.18. The van der Waals surface area contributed by atoms with Crippen molar-refractivity contribution in [1.82, 2.24) is 25.3 Å². The van der Waals surface area contributed by atoms with E-state index in [2.05, 4.69) is 32.3 Å². The third kappa shape index (κ3) is 4.74. The first-order valence-corrected chi connectivity index (χ1v) is 12.5. The van der Waals surface area contributed by atoms with Crippen LogP contribution in [-0.4, -0.2) is 69.3 Å². The van der Waals surface area contributed by atoms with Gasteiger partial charge in [-0.3, -0.25) is 5.10 Å². The van der Waals surface area contributed by atoms with Crippen molar-refractivity contribution < 1.29 is 14.3 Å². The van der Waals surface area contributed by atoms with E-state index in [1.54, 1.807) is 13.3 Å². The number of benzene rings is 1. The van der Waals surface area contributed by atoms with Gasteiger partial charge in [-0.15, -0.1) is 10.2 Å². The fourth-order valence-corrected chi connectivity index (χ4v) is 5.41. The second-order valence-electron chi connectivity index (χ2n) is 10.7. The minimum absolute atomic E-state index is 0.187. The number of nitrogens with zero attached hydrogens (tertiary/aromatic N) is 5. The van der Waals surface area contributed by atoms with E-state index in [-0.39, 0.29) is 18.2 Å². The number of aromatic nitrogens is 4. The van der Waals surface area contributed by atoms with Gasteiger partial charge >= 0.3 is 6.09 Å². The van der Waals surface area contributed by atoms with Gasteiger partial charge in [0.25, 0.3) is 0 Å². The highest BCUT2D eigenvalue weighted by Crippen LogP contribution is 2.39. The summed E-state index contributed by atoms with van der Waals surface area (Å²) in [5, 5.41) is 15.9. The lowest BCUT2D eigenvalue weighted by molar-refractivity contribution is 0.00597. The molecule has 0 spiro atoms. The smallest absolute Gasteiger partial charge is 0.410 e. The van der Waals surface area contributed by atoms with Crippen LogP contribution < -0.4 is 9.64 Å². The Hall–Kier alpha value is -3.62. The number of piperidine rings is 1. The Kier molecular flexibility index (Phi) is 6.32. The highest BCUT2D eigenvalue weighted by Gasteiger charge is 2.45. The molecule has 0 saturated carbocycles. The number of rotatable bonds is 5. The van der Waals surface area contributed by atoms with Crippen molar-refractivity contribution >= 4 is 11.9 Å². The average Bonchev–Trinajstić information content (AvgIpc) is 3.49. The Morgan fingerprint density at radius 1 is 1.08 bits per heavy atom. The Morgan fingerprint density at radius 3 is 2.42 bits per heavy atom. The van der Waals surface area contributed by atoms with E-state index in [0.29, 0.717) is 6.04 Å². The van der Waals surface area contributed by atoms with Gasteiger partial charge in [0, 0.05) is 42.5 Å². The molecule has 4 heterocycles. The molecule has 9 heteroatoms. The van der Waals surface area contributed by atoms with Gasteiger partial charge in [-0.2, -0.15) is 5.10 Å². The van der Waals surface area contributed by atoms with Gasteiger partial charge in [0.1, 0.15) is 11.4 Å². The highest BCUT2D eigenvalue weighted by molar-refractivity contribution is 5.74. The van der Waals surface area contributed by atoms with Crippen LogP contribution in [0.25, 0.3) is 22.4 Å². The number of aromatic amines is 1. The SMILES string of the molecule is COc1cc(-c2cn[nH]c2)ccc1-c1ccc(N(C)C2CC3CCC(C2)N3C(=O)OC(C)(C)C)nn1. The van der Waals surface area contributed by atoms with Crippen LogP contribution in [-0.2, 0) is 4.74 Å². The molecule has 2 unspecified atom stereocenters. The molecule has 9 nitrogen and oxygen atoms in total. The molecule has 2 aliphatic rings. The first-order valence-electron chi connectivity index (χ1n) is 12.5. The molecular formula is C27H34N6O3. The second-order valence-corrected chi connectivity index (χ2v) is 10.7. The lowest BCUT2D eigenvalue weighted by atomic mass is 9.96. The maximum absolute atomic E-state index is 12.8. The van der Waals surface area contributed by atoms with Gasteiger partial charge in [-0.05, 0) is 76.3 Å². The Balaban J connectivity index is 1.29. The maximum Gasteiger partial charge on any atom is 0.410 e. The van der Waals surface area contributed by atoms with Gasteiger partial charge in [0.15, 0.2) is 5.82 Å². The molecule has 2 saturated heterocycles. The van der Waals surface area contributed by atoms with Crippen molar-refractivity contribution in [3.8, 4) is 28.1 Å². The van der Waals surface area contributed by atoms with Crippen molar-refractivity contribution in [2.24, 2.45) is 0 Å². The number of hydrogen-bond acceptors (Lipinski definition) is 7. The summed E-state index contributed by atoms with van der Waals surface area (Å²) in [5.41, 5.74) is 3.16. The van der Waals surface area contributed by atoms with Crippen molar-refractivity contribution in [2.45, 2.75) is 70.2 Å². The number of H-pyrrole nitrogens is 1. The lowest BCUT2D eigenvalue weighted by Gasteiger charge is -2.42. The van der Waals surface area contributed by atoms with E-state index in [4.69, 9.17) is 9.47 Å². The molecule has 190 valence electrons. The number of amides is 1. The van der Waals surface area contributed by atoms with Gasteiger partial charge in [-0.25, -0.2) is 4.79 Å². The number of carbonyl (C=O) groups is 1. The van der Waals surface area contributed by atoms with E-state index in [0.717, 1.165) is 59.6 Å². The van der Waals surface area contributed by atoms with Gasteiger partial charge < -0.3 is 19.3 Å². The summed E-state index contributed by atoms with van der Waals surface area (Å²) < 4.78 is 11.3. The van der Waals surface area contributed by atoms with Crippen molar-refractivity contribution in [2.75, 3.05) is 19.1 Å². The summed E-state index contributed by atoms with van der Waals surface area (Å²) in [6, 6.07) is 10.7. The zero-order chi connectivity index (χ0) is 25.4. The van der Waals surface area contributed by atoms with Crippen molar-refractivity contribution in [3.05, 3.63) is 42.7 Å². The normalized spacial score (nSPS) is 21.4. The van der Waals surface area contributed by atoms with Gasteiger partial charge in [0.2, 0.25) is 0 Å². The molecule has 3 aromatic rings. The highest BCUT2D eigenvalue weighted by atomic mass is 16.6. The molecule has 1 aromatic carbocycles. The molecule has 0 radical (unpaired) electrons. The number of ether oxygens (including phenoxy) is 2. The van der Waals surface area contributed by atoms with E-state index in [1.807, 2.05) is 62.2 Å². The fourth-order valence-electron chi connectivity index (χ4n) is 5.41. The topological polar surface area (TPSA) is 96.5 Å². The first kappa shape index (κ1) is 24.1. The summed E-state index contributed by atoms with van der Waals surface area (Å²) >= 11 is 0. The lowest BCUT2D eigenvalue weighted by Crippen LogP contribution is -2.53. The Labute approximate surface area is 211 Å². The van der Waals surface area contributed by atoms with E-state index in [9.17, 15) is 4.79 Å². The molecule has 1 N–H and O–H groups in total. The third-order valence-electron chi connectivity index (χ3n) is 7.18. The molecule has 2 aromatic heterocycles. The van der Waals surface area contributed by atoms with Crippen LogP contribution in [0.15, 0.2) is 42.7 Å². The molecule has 1 amide bonds. The second kappa shape index (κ2) is 9.44. The maximum atomic E-state index is 12.8. The first-order chi connectivity index (χ1) is 17.2. The number of nitrogens with one attached hydrogen (secondary N) is 1. The van der Waals surface area contributed by atoms with Crippen LogP contribution in [0.3, 0.4) is 0 Å². The number of anilines is 1. The van der Waals surface area contributed by atoms with Crippen LogP contribution in [0.5, 0.6) is 5.75 Å². The van der Waals surface area contributed by atoms with Crippen LogP contribution >= 0.6 is 0 Å². The van der Waals surface area contributed by atoms with Gasteiger partial charge in [-0.1, -0.05) is 6.07 Å². The quantitative estimate of drug-likeness (QED) is 0.543. The minimum atomic E-state index is -0.482. The summed E-state index contributed by atoms with van der Waals surface area (Å²) in [5.74, 6) is 1.55. The fraction of sp³-hybridized carbons (Fsp3) is 0.481. The monoisotopic (exact) mass is 490 g/mol. The molecular weight excluding hydrogens is 456 g/mol. The molecule has 36 heavy (non-hydrogen) atoms. The van der Waals surface area contributed by atoms with Crippen LogP contribution in [0.4, 0.5) is 10.6 Å². The molecule has 5 rings (SSSR count). The Bertz CT molecular complexity index is 1190. The predicted molar refractivity (Wildman–Crippen MR) is 138 cm³/mol. The minimum Gasteiger partial charge on any atom is -0.496 e. The van der Waals surface area contributed by atoms with Gasteiger partial charge in [0.05, 0.1) is 19.0 Å². The predicted octanol–water partition coefficient (Wildman–Crippen LogP) is 4.91. The average molecular weight is 491 g/mol. The molecule has 0 aliphatic carbocycles. The number of hydrogen-bond donors (Lipinski definition) is 1. The summed E-state index contributed by atoms with van der Waals surface area (Å²) in [4.78, 5) is 17.0.